The standard InChI is InChI=1S/C20H19ClN4O3S/c1-13-9-20(13,12-22)24-29(26,27)16-7-18(21)17-10-23-25(19(17)8-16)11-14-3-5-15(28-2)6-4-14/h3-8,10,13,24H,9,11H2,1-2H3. The lowest BCUT2D eigenvalue weighted by molar-refractivity contribution is 0.414. The van der Waals surface area contributed by atoms with E-state index in [4.69, 9.17) is 16.3 Å². The van der Waals surface area contributed by atoms with Crippen molar-refractivity contribution < 1.29 is 13.2 Å². The van der Waals surface area contributed by atoms with Crippen LogP contribution in [0.2, 0.25) is 5.02 Å². The van der Waals surface area contributed by atoms with Crippen LogP contribution in [0, 0.1) is 17.2 Å². The van der Waals surface area contributed by atoms with E-state index in [0.29, 0.717) is 28.9 Å². The summed E-state index contributed by atoms with van der Waals surface area (Å²) in [5, 5.41) is 14.7. The Hall–Kier alpha value is -2.60. The first-order valence-electron chi connectivity index (χ1n) is 9.01. The normalized spacial score (nSPS) is 21.1. The predicted molar refractivity (Wildman–Crippen MR) is 109 cm³/mol. The van der Waals surface area contributed by atoms with Gasteiger partial charge in [0.15, 0.2) is 0 Å². The molecule has 7 nitrogen and oxygen atoms in total. The first-order chi connectivity index (χ1) is 13.8. The van der Waals surface area contributed by atoms with Gasteiger partial charge in [0.1, 0.15) is 11.3 Å². The topological polar surface area (TPSA) is 97.0 Å². The number of hydrogen-bond acceptors (Lipinski definition) is 5. The third kappa shape index (κ3) is 3.57. The van der Waals surface area contributed by atoms with Gasteiger partial charge in [-0.1, -0.05) is 30.7 Å². The Morgan fingerprint density at radius 2 is 2.07 bits per heavy atom. The van der Waals surface area contributed by atoms with Crippen molar-refractivity contribution in [3.05, 3.63) is 53.2 Å². The summed E-state index contributed by atoms with van der Waals surface area (Å²) < 4.78 is 35.2. The fourth-order valence-corrected chi connectivity index (χ4v) is 5.13. The van der Waals surface area contributed by atoms with Gasteiger partial charge in [0.05, 0.1) is 41.4 Å². The fourth-order valence-electron chi connectivity index (χ4n) is 3.34. The molecule has 0 bridgehead atoms. The molecule has 2 atom stereocenters. The molecular weight excluding hydrogens is 412 g/mol. The molecule has 9 heteroatoms. The van der Waals surface area contributed by atoms with Gasteiger partial charge >= 0.3 is 0 Å². The number of nitrogens with zero attached hydrogens (tertiary/aromatic N) is 3. The van der Waals surface area contributed by atoms with Crippen LogP contribution in [-0.2, 0) is 16.6 Å². The predicted octanol–water partition coefficient (Wildman–Crippen LogP) is 3.33. The zero-order valence-electron chi connectivity index (χ0n) is 15.9. The van der Waals surface area contributed by atoms with Crippen LogP contribution in [0.1, 0.15) is 18.9 Å². The second-order valence-corrected chi connectivity index (χ2v) is 9.37. The molecule has 1 aliphatic carbocycles. The van der Waals surface area contributed by atoms with Crippen molar-refractivity contribution in [2.24, 2.45) is 5.92 Å². The molecule has 2 aromatic carbocycles. The van der Waals surface area contributed by atoms with Gasteiger partial charge in [-0.15, -0.1) is 0 Å². The third-order valence-electron chi connectivity index (χ3n) is 5.31. The first kappa shape index (κ1) is 19.7. The van der Waals surface area contributed by atoms with Crippen LogP contribution in [0.4, 0.5) is 0 Å². The lowest BCUT2D eigenvalue weighted by Crippen LogP contribution is -2.37. The molecule has 2 unspecified atom stereocenters. The van der Waals surface area contributed by atoms with E-state index in [1.807, 2.05) is 31.2 Å². The monoisotopic (exact) mass is 430 g/mol. The summed E-state index contributed by atoms with van der Waals surface area (Å²) in [5.74, 6) is 0.726. The van der Waals surface area contributed by atoms with E-state index >= 15 is 0 Å². The van der Waals surface area contributed by atoms with Crippen molar-refractivity contribution >= 4 is 32.5 Å². The molecule has 1 aromatic heterocycles. The van der Waals surface area contributed by atoms with Crippen LogP contribution in [0.15, 0.2) is 47.5 Å². The van der Waals surface area contributed by atoms with Gasteiger partial charge in [0.2, 0.25) is 10.0 Å². The Morgan fingerprint density at radius 3 is 2.66 bits per heavy atom. The Labute approximate surface area is 173 Å². The maximum absolute atomic E-state index is 12.9. The summed E-state index contributed by atoms with van der Waals surface area (Å²) in [5.41, 5.74) is 0.543. The quantitative estimate of drug-likeness (QED) is 0.646. The summed E-state index contributed by atoms with van der Waals surface area (Å²) in [7, 11) is -2.30. The minimum atomic E-state index is -3.91. The molecule has 0 spiro atoms. The Bertz CT molecular complexity index is 1230. The number of halogens is 1. The van der Waals surface area contributed by atoms with E-state index in [-0.39, 0.29) is 10.8 Å². The van der Waals surface area contributed by atoms with E-state index < -0.39 is 15.6 Å². The maximum Gasteiger partial charge on any atom is 0.242 e. The number of rotatable bonds is 6. The van der Waals surface area contributed by atoms with Crippen molar-refractivity contribution in [1.29, 1.82) is 5.26 Å². The SMILES string of the molecule is COc1ccc(Cn2ncc3c(Cl)cc(S(=O)(=O)NC4(C#N)CC4C)cc32)cc1. The summed E-state index contributed by atoms with van der Waals surface area (Å²) >= 11 is 6.35. The van der Waals surface area contributed by atoms with Gasteiger partial charge in [0.25, 0.3) is 0 Å². The number of aromatic nitrogens is 2. The number of fused-ring (bicyclic) bond motifs is 1. The van der Waals surface area contributed by atoms with E-state index in [0.717, 1.165) is 11.3 Å². The summed E-state index contributed by atoms with van der Waals surface area (Å²) in [4.78, 5) is 0.0141. The lowest BCUT2D eigenvalue weighted by Gasteiger charge is -2.12. The van der Waals surface area contributed by atoms with Crippen molar-refractivity contribution in [3.63, 3.8) is 0 Å². The van der Waals surface area contributed by atoms with Crippen LogP contribution in [0.3, 0.4) is 0 Å². The summed E-state index contributed by atoms with van der Waals surface area (Å²) in [6.45, 7) is 2.28. The zero-order chi connectivity index (χ0) is 20.8. The van der Waals surface area contributed by atoms with Crippen molar-refractivity contribution in [2.45, 2.75) is 30.3 Å². The minimum Gasteiger partial charge on any atom is -0.497 e. The second-order valence-electron chi connectivity index (χ2n) is 7.28. The molecule has 29 heavy (non-hydrogen) atoms. The molecular formula is C20H19ClN4O3S. The number of hydrogen-bond donors (Lipinski definition) is 1. The van der Waals surface area contributed by atoms with Crippen LogP contribution >= 0.6 is 11.6 Å². The van der Waals surface area contributed by atoms with E-state index in [2.05, 4.69) is 15.9 Å². The highest BCUT2D eigenvalue weighted by atomic mass is 35.5. The molecule has 4 rings (SSSR count). The molecule has 1 aliphatic rings. The summed E-state index contributed by atoms with van der Waals surface area (Å²) in [6, 6.07) is 12.6. The molecule has 0 saturated heterocycles. The molecule has 1 fully saturated rings. The number of methoxy groups -OCH3 is 1. The molecule has 1 N–H and O–H groups in total. The Kier molecular flexibility index (Phi) is 4.77. The van der Waals surface area contributed by atoms with E-state index in [1.165, 1.54) is 12.1 Å². The van der Waals surface area contributed by atoms with Gasteiger partial charge in [-0.05, 0) is 42.2 Å². The molecule has 150 valence electrons. The number of nitriles is 1. The maximum atomic E-state index is 12.9. The van der Waals surface area contributed by atoms with Crippen molar-refractivity contribution in [2.75, 3.05) is 7.11 Å². The van der Waals surface area contributed by atoms with Crippen molar-refractivity contribution in [1.82, 2.24) is 14.5 Å². The number of benzene rings is 2. The Balaban J connectivity index is 1.70. The number of nitrogens with one attached hydrogen (secondary N) is 1. The molecule has 0 radical (unpaired) electrons. The summed E-state index contributed by atoms with van der Waals surface area (Å²) in [6.07, 6.45) is 2.11. The van der Waals surface area contributed by atoms with Gasteiger partial charge < -0.3 is 4.74 Å². The van der Waals surface area contributed by atoms with Gasteiger partial charge in [-0.2, -0.15) is 15.1 Å². The average molecular weight is 431 g/mol. The largest absolute Gasteiger partial charge is 0.497 e. The van der Waals surface area contributed by atoms with Crippen molar-refractivity contribution in [3.8, 4) is 11.8 Å². The fraction of sp³-hybridized carbons (Fsp3) is 0.300. The number of ether oxygens (including phenoxy) is 1. The van der Waals surface area contributed by atoms with Crippen LogP contribution in [0.25, 0.3) is 10.9 Å². The highest BCUT2D eigenvalue weighted by molar-refractivity contribution is 7.89. The molecule has 0 aliphatic heterocycles. The van der Waals surface area contributed by atoms with Crippen LogP contribution in [0.5, 0.6) is 5.75 Å². The molecule has 0 amide bonds. The second kappa shape index (κ2) is 7.02. The molecule has 1 saturated carbocycles. The first-order valence-corrected chi connectivity index (χ1v) is 10.9. The van der Waals surface area contributed by atoms with Crippen LogP contribution < -0.4 is 9.46 Å². The third-order valence-corrected chi connectivity index (χ3v) is 7.11. The average Bonchev–Trinajstić information content (AvgIpc) is 3.14. The number of sulfonamides is 1. The zero-order valence-corrected chi connectivity index (χ0v) is 17.5. The molecule has 3 aromatic rings. The van der Waals surface area contributed by atoms with Gasteiger partial charge in [-0.25, -0.2) is 8.42 Å². The Morgan fingerprint density at radius 1 is 1.38 bits per heavy atom. The highest BCUT2D eigenvalue weighted by Gasteiger charge is 2.54. The van der Waals surface area contributed by atoms with Gasteiger partial charge in [0, 0.05) is 5.39 Å². The highest BCUT2D eigenvalue weighted by Crippen LogP contribution is 2.43. The molecule has 1 heterocycles. The smallest absolute Gasteiger partial charge is 0.242 e. The lowest BCUT2D eigenvalue weighted by atomic mass is 10.2. The van der Waals surface area contributed by atoms with Gasteiger partial charge in [-0.3, -0.25) is 4.68 Å². The van der Waals surface area contributed by atoms with Crippen LogP contribution in [-0.4, -0.2) is 30.8 Å². The van der Waals surface area contributed by atoms with E-state index in [1.54, 1.807) is 18.0 Å². The minimum absolute atomic E-state index is 0.0141. The van der Waals surface area contributed by atoms with E-state index in [9.17, 15) is 13.7 Å².